The normalized spacial score (nSPS) is 19.6. The van der Waals surface area contributed by atoms with Gasteiger partial charge < -0.3 is 5.32 Å². The van der Waals surface area contributed by atoms with E-state index in [0.29, 0.717) is 5.92 Å². The molecule has 0 radical (unpaired) electrons. The summed E-state index contributed by atoms with van der Waals surface area (Å²) in [5.41, 5.74) is 4.76. The maximum Gasteiger partial charge on any atom is 0.123 e. The minimum atomic E-state index is -0.515. The van der Waals surface area contributed by atoms with Crippen molar-refractivity contribution in [3.05, 3.63) is 48.3 Å². The molecule has 4 heteroatoms. The van der Waals surface area contributed by atoms with E-state index in [2.05, 4.69) is 35.4 Å². The molecule has 1 aromatic heterocycles. The van der Waals surface area contributed by atoms with E-state index in [-0.39, 0.29) is 0 Å². The van der Waals surface area contributed by atoms with Crippen molar-refractivity contribution in [3.8, 4) is 11.1 Å². The summed E-state index contributed by atoms with van der Waals surface area (Å²) in [6, 6.07) is 10.4. The number of nitrogens with one attached hydrogen (secondary N) is 1. The van der Waals surface area contributed by atoms with Crippen LogP contribution < -0.4 is 5.32 Å². The molecule has 1 unspecified atom stereocenters. The Hall–Kier alpha value is -1.25. The minimum absolute atomic E-state index is 0.353. The number of hydrogen-bond acceptors (Lipinski definition) is 2. The molecule has 1 saturated carbocycles. The zero-order valence-corrected chi connectivity index (χ0v) is 12.7. The van der Waals surface area contributed by atoms with Gasteiger partial charge in [0.25, 0.3) is 0 Å². The number of aromatic nitrogens is 1. The Labute approximate surface area is 129 Å². The highest BCUT2D eigenvalue weighted by atomic mass is 35.5. The van der Waals surface area contributed by atoms with Crippen LogP contribution in [-0.2, 0) is 0 Å². The maximum atomic E-state index is 6.03. The standard InChI is InChI=1S/C16H16Cl2N2/c1-11-8-14(20-10-13-9-16(13,17)18)2-3-15(11)12-4-6-19-7-5-12/h2-8,13,20H,9-10H2,1H3. The van der Waals surface area contributed by atoms with Crippen LogP contribution in [0.25, 0.3) is 11.1 Å². The lowest BCUT2D eigenvalue weighted by atomic mass is 10.0. The van der Waals surface area contributed by atoms with Gasteiger partial charge in [0.05, 0.1) is 0 Å². The van der Waals surface area contributed by atoms with E-state index in [4.69, 9.17) is 23.2 Å². The van der Waals surface area contributed by atoms with Crippen molar-refractivity contribution in [1.82, 2.24) is 4.98 Å². The van der Waals surface area contributed by atoms with E-state index in [1.54, 1.807) is 0 Å². The Morgan fingerprint density at radius 2 is 1.95 bits per heavy atom. The first-order chi connectivity index (χ1) is 9.56. The van der Waals surface area contributed by atoms with Gasteiger partial charge in [0.15, 0.2) is 0 Å². The quantitative estimate of drug-likeness (QED) is 0.831. The third-order valence-corrected chi connectivity index (χ3v) is 4.65. The molecule has 20 heavy (non-hydrogen) atoms. The highest BCUT2D eigenvalue weighted by Gasteiger charge is 2.51. The lowest BCUT2D eigenvalue weighted by Crippen LogP contribution is -2.07. The first-order valence-electron chi connectivity index (χ1n) is 6.69. The van der Waals surface area contributed by atoms with Crippen molar-refractivity contribution in [1.29, 1.82) is 0 Å². The van der Waals surface area contributed by atoms with Crippen LogP contribution in [0.3, 0.4) is 0 Å². The molecule has 3 rings (SSSR count). The van der Waals surface area contributed by atoms with Crippen molar-refractivity contribution in [2.45, 2.75) is 17.7 Å². The van der Waals surface area contributed by atoms with Gasteiger partial charge in [0.2, 0.25) is 0 Å². The lowest BCUT2D eigenvalue weighted by Gasteiger charge is -2.11. The molecule has 0 bridgehead atoms. The largest absolute Gasteiger partial charge is 0.385 e. The predicted octanol–water partition coefficient (Wildman–Crippen LogP) is 4.66. The molecular weight excluding hydrogens is 291 g/mol. The van der Waals surface area contributed by atoms with Gasteiger partial charge in [-0.2, -0.15) is 0 Å². The van der Waals surface area contributed by atoms with Crippen molar-refractivity contribution in [2.75, 3.05) is 11.9 Å². The third-order valence-electron chi connectivity index (χ3n) is 3.73. The van der Waals surface area contributed by atoms with Gasteiger partial charge in [-0.3, -0.25) is 4.98 Å². The highest BCUT2D eigenvalue weighted by molar-refractivity contribution is 6.50. The molecule has 2 aromatic rings. The second kappa shape index (κ2) is 5.27. The second-order valence-electron chi connectivity index (χ2n) is 5.31. The van der Waals surface area contributed by atoms with E-state index in [1.807, 2.05) is 24.5 Å². The molecule has 0 saturated heterocycles. The summed E-state index contributed by atoms with van der Waals surface area (Å²) in [6.45, 7) is 2.94. The van der Waals surface area contributed by atoms with Crippen LogP contribution >= 0.6 is 23.2 Å². The molecular formula is C16H16Cl2N2. The fourth-order valence-corrected chi connectivity index (χ4v) is 2.89. The first-order valence-corrected chi connectivity index (χ1v) is 7.44. The van der Waals surface area contributed by atoms with Crippen molar-refractivity contribution >= 4 is 28.9 Å². The Balaban J connectivity index is 1.71. The van der Waals surface area contributed by atoms with Crippen LogP contribution in [0.4, 0.5) is 5.69 Å². The van der Waals surface area contributed by atoms with Crippen LogP contribution in [0, 0.1) is 12.8 Å². The topological polar surface area (TPSA) is 24.9 Å². The van der Waals surface area contributed by atoms with E-state index >= 15 is 0 Å². The van der Waals surface area contributed by atoms with E-state index in [9.17, 15) is 0 Å². The molecule has 0 aliphatic heterocycles. The van der Waals surface area contributed by atoms with Gasteiger partial charge in [0.1, 0.15) is 4.33 Å². The molecule has 1 atom stereocenters. The molecule has 1 heterocycles. The fraction of sp³-hybridized carbons (Fsp3) is 0.312. The Bertz CT molecular complexity index is 611. The maximum absolute atomic E-state index is 6.03. The van der Waals surface area contributed by atoms with Crippen LogP contribution in [0.2, 0.25) is 0 Å². The van der Waals surface area contributed by atoms with Crippen molar-refractivity contribution in [2.24, 2.45) is 5.92 Å². The number of nitrogens with zero attached hydrogens (tertiary/aromatic N) is 1. The number of aryl methyl sites for hydroxylation is 1. The Morgan fingerprint density at radius 1 is 1.25 bits per heavy atom. The molecule has 2 nitrogen and oxygen atoms in total. The summed E-state index contributed by atoms with van der Waals surface area (Å²) in [5.74, 6) is 0.353. The second-order valence-corrected chi connectivity index (χ2v) is 6.85. The van der Waals surface area contributed by atoms with Gasteiger partial charge in [-0.05, 0) is 54.3 Å². The van der Waals surface area contributed by atoms with Crippen molar-refractivity contribution in [3.63, 3.8) is 0 Å². The molecule has 104 valence electrons. The number of alkyl halides is 2. The van der Waals surface area contributed by atoms with Gasteiger partial charge >= 0.3 is 0 Å². The zero-order chi connectivity index (χ0) is 14.2. The van der Waals surface area contributed by atoms with Crippen LogP contribution in [0.1, 0.15) is 12.0 Å². The smallest absolute Gasteiger partial charge is 0.123 e. The first kappa shape index (κ1) is 13.7. The monoisotopic (exact) mass is 306 g/mol. The minimum Gasteiger partial charge on any atom is -0.385 e. The molecule has 1 aliphatic carbocycles. The van der Waals surface area contributed by atoms with Crippen LogP contribution in [0.5, 0.6) is 0 Å². The highest BCUT2D eigenvalue weighted by Crippen LogP contribution is 2.52. The summed E-state index contributed by atoms with van der Waals surface area (Å²) < 4.78 is -0.515. The van der Waals surface area contributed by atoms with E-state index in [0.717, 1.165) is 18.7 Å². The number of pyridine rings is 1. The summed E-state index contributed by atoms with van der Waals surface area (Å²) in [4.78, 5) is 4.05. The number of benzene rings is 1. The van der Waals surface area contributed by atoms with E-state index in [1.165, 1.54) is 16.7 Å². The lowest BCUT2D eigenvalue weighted by molar-refractivity contribution is 0.875. The van der Waals surface area contributed by atoms with E-state index < -0.39 is 4.33 Å². The van der Waals surface area contributed by atoms with Crippen LogP contribution in [0.15, 0.2) is 42.7 Å². The number of rotatable bonds is 4. The SMILES string of the molecule is Cc1cc(NCC2CC2(Cl)Cl)ccc1-c1ccncc1. The van der Waals surface area contributed by atoms with Gasteiger partial charge in [-0.1, -0.05) is 6.07 Å². The molecule has 1 aromatic carbocycles. The number of halogens is 2. The van der Waals surface area contributed by atoms with Crippen LogP contribution in [-0.4, -0.2) is 15.9 Å². The van der Waals surface area contributed by atoms with Gasteiger partial charge in [0, 0.05) is 30.5 Å². The summed E-state index contributed by atoms with van der Waals surface area (Å²) in [7, 11) is 0. The molecule has 1 fully saturated rings. The zero-order valence-electron chi connectivity index (χ0n) is 11.2. The van der Waals surface area contributed by atoms with Crippen molar-refractivity contribution < 1.29 is 0 Å². The summed E-state index contributed by atoms with van der Waals surface area (Å²) in [6.07, 6.45) is 4.50. The Morgan fingerprint density at radius 3 is 2.55 bits per heavy atom. The van der Waals surface area contributed by atoms with Gasteiger partial charge in [-0.25, -0.2) is 0 Å². The predicted molar refractivity (Wildman–Crippen MR) is 85.4 cm³/mol. The molecule has 1 aliphatic rings. The molecule has 0 spiro atoms. The molecule has 1 N–H and O–H groups in total. The fourth-order valence-electron chi connectivity index (χ4n) is 2.36. The molecule has 0 amide bonds. The number of anilines is 1. The average Bonchev–Trinajstić information content (AvgIpc) is 3.05. The number of hydrogen-bond donors (Lipinski definition) is 1. The summed E-state index contributed by atoms with van der Waals surface area (Å²) >= 11 is 12.1. The Kier molecular flexibility index (Phi) is 3.61. The van der Waals surface area contributed by atoms with Gasteiger partial charge in [-0.15, -0.1) is 23.2 Å². The third kappa shape index (κ3) is 2.92. The average molecular weight is 307 g/mol. The summed E-state index contributed by atoms with van der Waals surface area (Å²) in [5, 5.41) is 3.40.